The van der Waals surface area contributed by atoms with E-state index >= 15 is 0 Å². The number of amides is 1. The highest BCUT2D eigenvalue weighted by molar-refractivity contribution is 6.30. The van der Waals surface area contributed by atoms with Gasteiger partial charge in [-0.2, -0.15) is 4.98 Å². The number of aryl methyl sites for hydroxylation is 1. The van der Waals surface area contributed by atoms with Crippen LogP contribution >= 0.6 is 11.6 Å². The number of piperidine rings is 1. The summed E-state index contributed by atoms with van der Waals surface area (Å²) in [5, 5.41) is 7.76. The minimum atomic E-state index is -0.347. The largest absolute Gasteiger partial charge is 0.355 e. The van der Waals surface area contributed by atoms with Crippen molar-refractivity contribution in [2.24, 2.45) is 5.92 Å². The van der Waals surface area contributed by atoms with Gasteiger partial charge in [-0.3, -0.25) is 9.69 Å². The standard InChI is InChI=1S/C20H25ClN4O2/c1-14-23-18(27-24-14)13-25-10-2-3-15(12-25)11-22-19(26)20(8-9-20)16-4-6-17(21)7-5-16/h4-7,15H,2-3,8-13H2,1H3,(H,22,26)/t15-/m0/s1. The van der Waals surface area contributed by atoms with Crippen molar-refractivity contribution in [2.75, 3.05) is 19.6 Å². The predicted molar refractivity (Wildman–Crippen MR) is 102 cm³/mol. The van der Waals surface area contributed by atoms with Gasteiger partial charge in [-0.05, 0) is 62.8 Å². The maximum Gasteiger partial charge on any atom is 0.240 e. The lowest BCUT2D eigenvalue weighted by Gasteiger charge is -2.32. The fourth-order valence-corrected chi connectivity index (χ4v) is 4.13. The molecule has 0 unspecified atom stereocenters. The third-order valence-electron chi connectivity index (χ3n) is 5.66. The summed E-state index contributed by atoms with van der Waals surface area (Å²) in [5.74, 6) is 1.93. The van der Waals surface area contributed by atoms with E-state index in [4.69, 9.17) is 16.1 Å². The van der Waals surface area contributed by atoms with Crippen LogP contribution in [0.15, 0.2) is 28.8 Å². The van der Waals surface area contributed by atoms with Crippen LogP contribution in [0, 0.1) is 12.8 Å². The van der Waals surface area contributed by atoms with E-state index in [1.54, 1.807) is 0 Å². The van der Waals surface area contributed by atoms with Crippen molar-refractivity contribution in [2.45, 2.75) is 44.6 Å². The van der Waals surface area contributed by atoms with Gasteiger partial charge >= 0.3 is 0 Å². The first kappa shape index (κ1) is 18.4. The number of carbonyl (C=O) groups excluding carboxylic acids is 1. The SMILES string of the molecule is Cc1noc(CN2CCC[C@@H](CNC(=O)C3(c4ccc(Cl)cc4)CC3)C2)n1. The fourth-order valence-electron chi connectivity index (χ4n) is 4.00. The van der Waals surface area contributed by atoms with Crippen molar-refractivity contribution >= 4 is 17.5 Å². The molecular formula is C20H25ClN4O2. The third kappa shape index (κ3) is 4.17. The first-order valence-corrected chi connectivity index (χ1v) is 9.99. The molecule has 1 atom stereocenters. The molecule has 1 aromatic carbocycles. The molecule has 1 saturated heterocycles. The Morgan fingerprint density at radius 3 is 2.81 bits per heavy atom. The number of hydrogen-bond acceptors (Lipinski definition) is 5. The Labute approximate surface area is 164 Å². The van der Waals surface area contributed by atoms with Gasteiger partial charge in [-0.1, -0.05) is 28.9 Å². The molecule has 2 aromatic rings. The molecule has 144 valence electrons. The van der Waals surface area contributed by atoms with Crippen molar-refractivity contribution in [1.82, 2.24) is 20.4 Å². The Morgan fingerprint density at radius 1 is 1.37 bits per heavy atom. The van der Waals surface area contributed by atoms with Crippen LogP contribution in [0.25, 0.3) is 0 Å². The van der Waals surface area contributed by atoms with Crippen molar-refractivity contribution in [3.63, 3.8) is 0 Å². The van der Waals surface area contributed by atoms with E-state index in [2.05, 4.69) is 20.4 Å². The molecule has 1 aliphatic heterocycles. The topological polar surface area (TPSA) is 71.3 Å². The van der Waals surface area contributed by atoms with Gasteiger partial charge < -0.3 is 9.84 Å². The Kier molecular flexibility index (Phi) is 5.19. The molecular weight excluding hydrogens is 364 g/mol. The Hall–Kier alpha value is -1.92. The van der Waals surface area contributed by atoms with Crippen LogP contribution in [0.2, 0.25) is 5.02 Å². The zero-order chi connectivity index (χ0) is 18.9. The van der Waals surface area contributed by atoms with Gasteiger partial charge in [0.15, 0.2) is 5.82 Å². The molecule has 2 heterocycles. The molecule has 1 amide bonds. The molecule has 1 aliphatic carbocycles. The van der Waals surface area contributed by atoms with Crippen LogP contribution in [0.1, 0.15) is 43.0 Å². The number of likely N-dealkylation sites (tertiary alicyclic amines) is 1. The molecule has 1 saturated carbocycles. The average Bonchev–Trinajstić information content (AvgIpc) is 3.38. The van der Waals surface area contributed by atoms with E-state index in [1.807, 2.05) is 31.2 Å². The third-order valence-corrected chi connectivity index (χ3v) is 5.92. The summed E-state index contributed by atoms with van der Waals surface area (Å²) in [7, 11) is 0. The number of hydrogen-bond donors (Lipinski definition) is 1. The second-order valence-corrected chi connectivity index (χ2v) is 8.21. The number of halogens is 1. The smallest absolute Gasteiger partial charge is 0.240 e. The average molecular weight is 389 g/mol. The number of rotatable bonds is 6. The summed E-state index contributed by atoms with van der Waals surface area (Å²) in [6, 6.07) is 7.68. The zero-order valence-electron chi connectivity index (χ0n) is 15.6. The summed E-state index contributed by atoms with van der Waals surface area (Å²) in [6.45, 7) is 5.19. The first-order chi connectivity index (χ1) is 13.0. The molecule has 27 heavy (non-hydrogen) atoms. The molecule has 2 aliphatic rings. The van der Waals surface area contributed by atoms with Gasteiger partial charge in [0.05, 0.1) is 12.0 Å². The van der Waals surface area contributed by atoms with Gasteiger partial charge in [-0.15, -0.1) is 0 Å². The normalized spacial score (nSPS) is 21.8. The second kappa shape index (κ2) is 7.60. The lowest BCUT2D eigenvalue weighted by Crippen LogP contribution is -2.43. The Balaban J connectivity index is 1.30. The number of aromatic nitrogens is 2. The van der Waals surface area contributed by atoms with Crippen LogP contribution in [0.4, 0.5) is 0 Å². The number of carbonyl (C=O) groups is 1. The molecule has 0 radical (unpaired) electrons. The highest BCUT2D eigenvalue weighted by Crippen LogP contribution is 2.48. The van der Waals surface area contributed by atoms with Crippen molar-refractivity contribution in [1.29, 1.82) is 0 Å². The lowest BCUT2D eigenvalue weighted by molar-refractivity contribution is -0.123. The summed E-state index contributed by atoms with van der Waals surface area (Å²) in [4.78, 5) is 19.5. The summed E-state index contributed by atoms with van der Waals surface area (Å²) < 4.78 is 5.23. The number of nitrogens with one attached hydrogen (secondary N) is 1. The predicted octanol–water partition coefficient (Wildman–Crippen LogP) is 3.09. The van der Waals surface area contributed by atoms with Gasteiger partial charge in [0, 0.05) is 18.1 Å². The van der Waals surface area contributed by atoms with Crippen LogP contribution in [0.3, 0.4) is 0 Å². The number of benzene rings is 1. The molecule has 0 spiro atoms. The van der Waals surface area contributed by atoms with Gasteiger partial charge in [-0.25, -0.2) is 0 Å². The second-order valence-electron chi connectivity index (χ2n) is 7.78. The van der Waals surface area contributed by atoms with Crippen molar-refractivity contribution in [3.8, 4) is 0 Å². The summed E-state index contributed by atoms with van der Waals surface area (Å²) >= 11 is 5.98. The minimum Gasteiger partial charge on any atom is -0.355 e. The first-order valence-electron chi connectivity index (χ1n) is 9.61. The van der Waals surface area contributed by atoms with Crippen LogP contribution in [-0.4, -0.2) is 40.6 Å². The van der Waals surface area contributed by atoms with Gasteiger partial charge in [0.25, 0.3) is 0 Å². The van der Waals surface area contributed by atoms with Crippen LogP contribution in [-0.2, 0) is 16.8 Å². The zero-order valence-corrected chi connectivity index (χ0v) is 16.3. The molecule has 7 heteroatoms. The molecule has 4 rings (SSSR count). The van der Waals surface area contributed by atoms with E-state index in [0.29, 0.717) is 35.7 Å². The van der Waals surface area contributed by atoms with Crippen LogP contribution in [0.5, 0.6) is 0 Å². The molecule has 2 fully saturated rings. The monoisotopic (exact) mass is 388 g/mol. The Morgan fingerprint density at radius 2 is 2.15 bits per heavy atom. The van der Waals surface area contributed by atoms with Crippen molar-refractivity contribution in [3.05, 3.63) is 46.6 Å². The van der Waals surface area contributed by atoms with E-state index in [-0.39, 0.29) is 11.3 Å². The minimum absolute atomic E-state index is 0.148. The Bertz CT molecular complexity index is 801. The molecule has 1 aromatic heterocycles. The summed E-state index contributed by atoms with van der Waals surface area (Å²) in [6.07, 6.45) is 4.07. The molecule has 0 bridgehead atoms. The van der Waals surface area contributed by atoms with E-state index in [0.717, 1.165) is 44.3 Å². The highest BCUT2D eigenvalue weighted by Gasteiger charge is 2.51. The highest BCUT2D eigenvalue weighted by atomic mass is 35.5. The van der Waals surface area contributed by atoms with Gasteiger partial charge in [0.1, 0.15) is 0 Å². The van der Waals surface area contributed by atoms with E-state index < -0.39 is 0 Å². The van der Waals surface area contributed by atoms with Crippen molar-refractivity contribution < 1.29 is 9.32 Å². The van der Waals surface area contributed by atoms with E-state index in [9.17, 15) is 4.79 Å². The lowest BCUT2D eigenvalue weighted by atomic mass is 9.93. The molecule has 1 N–H and O–H groups in total. The van der Waals surface area contributed by atoms with E-state index in [1.165, 1.54) is 0 Å². The number of nitrogens with zero attached hydrogens (tertiary/aromatic N) is 3. The quantitative estimate of drug-likeness (QED) is 0.823. The maximum atomic E-state index is 12.8. The maximum absolute atomic E-state index is 12.8. The summed E-state index contributed by atoms with van der Waals surface area (Å²) in [5.41, 5.74) is 0.724. The van der Waals surface area contributed by atoms with Crippen LogP contribution < -0.4 is 5.32 Å². The molecule has 6 nitrogen and oxygen atoms in total. The van der Waals surface area contributed by atoms with Gasteiger partial charge in [0.2, 0.25) is 11.8 Å². The fraction of sp³-hybridized carbons (Fsp3) is 0.550.